The third-order valence-corrected chi connectivity index (χ3v) is 4.18. The summed E-state index contributed by atoms with van der Waals surface area (Å²) in [6.45, 7) is 19.6. The fourth-order valence-electron chi connectivity index (χ4n) is 2.81. The van der Waals surface area contributed by atoms with Crippen molar-refractivity contribution in [3.05, 3.63) is 11.6 Å². The Morgan fingerprint density at radius 2 is 1.84 bits per heavy atom. The highest BCUT2D eigenvalue weighted by molar-refractivity contribution is 5.15. The highest BCUT2D eigenvalue weighted by Crippen LogP contribution is 2.31. The SMILES string of the molecule is CC(C)NCC(C(C)C)N1CC=C(C(C)(C)C)CC1. The van der Waals surface area contributed by atoms with Crippen molar-refractivity contribution in [2.45, 2.75) is 67.0 Å². The highest BCUT2D eigenvalue weighted by atomic mass is 15.2. The third-order valence-electron chi connectivity index (χ3n) is 4.18. The molecule has 0 bridgehead atoms. The van der Waals surface area contributed by atoms with E-state index in [2.05, 4.69) is 64.8 Å². The molecule has 0 aliphatic carbocycles. The van der Waals surface area contributed by atoms with Gasteiger partial charge in [0.05, 0.1) is 0 Å². The summed E-state index contributed by atoms with van der Waals surface area (Å²) in [6, 6.07) is 1.23. The lowest BCUT2D eigenvalue weighted by molar-refractivity contribution is 0.156. The molecule has 0 aromatic carbocycles. The minimum atomic E-state index is 0.343. The van der Waals surface area contributed by atoms with E-state index >= 15 is 0 Å². The first-order valence-electron chi connectivity index (χ1n) is 7.88. The fourth-order valence-corrected chi connectivity index (χ4v) is 2.81. The van der Waals surface area contributed by atoms with Gasteiger partial charge >= 0.3 is 0 Å². The maximum atomic E-state index is 3.60. The first-order valence-corrected chi connectivity index (χ1v) is 7.88. The molecule has 2 nitrogen and oxygen atoms in total. The number of nitrogens with zero attached hydrogens (tertiary/aromatic N) is 1. The molecule has 1 heterocycles. The lowest BCUT2D eigenvalue weighted by Crippen LogP contribution is -2.48. The molecule has 0 saturated heterocycles. The second-order valence-electron chi connectivity index (χ2n) is 7.60. The Morgan fingerprint density at radius 1 is 1.21 bits per heavy atom. The largest absolute Gasteiger partial charge is 0.313 e. The second-order valence-corrected chi connectivity index (χ2v) is 7.60. The van der Waals surface area contributed by atoms with Crippen LogP contribution in [0.15, 0.2) is 11.6 Å². The first-order chi connectivity index (χ1) is 8.71. The highest BCUT2D eigenvalue weighted by Gasteiger charge is 2.26. The molecule has 1 unspecified atom stereocenters. The van der Waals surface area contributed by atoms with Gasteiger partial charge in [-0.1, -0.05) is 60.1 Å². The van der Waals surface area contributed by atoms with Crippen LogP contribution in [0.2, 0.25) is 0 Å². The van der Waals surface area contributed by atoms with E-state index in [1.807, 2.05) is 0 Å². The van der Waals surface area contributed by atoms with E-state index in [9.17, 15) is 0 Å². The van der Waals surface area contributed by atoms with Crippen LogP contribution in [0.5, 0.6) is 0 Å². The third kappa shape index (κ3) is 5.27. The average Bonchev–Trinajstić information content (AvgIpc) is 2.27. The molecule has 112 valence electrons. The fraction of sp³-hybridized carbons (Fsp3) is 0.882. The zero-order chi connectivity index (χ0) is 14.6. The Hall–Kier alpha value is -0.340. The van der Waals surface area contributed by atoms with Crippen molar-refractivity contribution in [3.8, 4) is 0 Å². The van der Waals surface area contributed by atoms with Crippen molar-refractivity contribution in [1.82, 2.24) is 10.2 Å². The Kier molecular flexibility index (Phi) is 6.07. The quantitative estimate of drug-likeness (QED) is 0.764. The molecule has 1 aliphatic heterocycles. The Morgan fingerprint density at radius 3 is 2.21 bits per heavy atom. The topological polar surface area (TPSA) is 15.3 Å². The van der Waals surface area contributed by atoms with Gasteiger partial charge in [-0.25, -0.2) is 0 Å². The summed E-state index contributed by atoms with van der Waals surface area (Å²) in [4.78, 5) is 2.65. The van der Waals surface area contributed by atoms with Gasteiger partial charge in [0.25, 0.3) is 0 Å². The number of nitrogens with one attached hydrogen (secondary N) is 1. The lowest BCUT2D eigenvalue weighted by atomic mass is 9.82. The molecule has 1 N–H and O–H groups in total. The predicted octanol–water partition coefficient (Wildman–Crippen LogP) is 3.69. The van der Waals surface area contributed by atoms with E-state index < -0.39 is 0 Å². The molecule has 0 aromatic rings. The monoisotopic (exact) mass is 266 g/mol. The van der Waals surface area contributed by atoms with E-state index in [1.54, 1.807) is 5.57 Å². The van der Waals surface area contributed by atoms with Crippen LogP contribution in [0.4, 0.5) is 0 Å². The Labute approximate surface area is 120 Å². The zero-order valence-corrected chi connectivity index (χ0v) is 14.1. The Balaban J connectivity index is 2.62. The molecule has 1 atom stereocenters. The lowest BCUT2D eigenvalue weighted by Gasteiger charge is -2.39. The van der Waals surface area contributed by atoms with Gasteiger partial charge in [0, 0.05) is 31.7 Å². The molecular formula is C17H34N2. The summed E-state index contributed by atoms with van der Waals surface area (Å²) in [5.41, 5.74) is 1.97. The molecular weight excluding hydrogens is 232 g/mol. The van der Waals surface area contributed by atoms with Gasteiger partial charge in [0.15, 0.2) is 0 Å². The van der Waals surface area contributed by atoms with Crippen LogP contribution in [0, 0.1) is 11.3 Å². The number of hydrogen-bond acceptors (Lipinski definition) is 2. The van der Waals surface area contributed by atoms with Gasteiger partial charge in [-0.15, -0.1) is 0 Å². The molecule has 0 radical (unpaired) electrons. The summed E-state index contributed by atoms with van der Waals surface area (Å²) in [5.74, 6) is 0.704. The van der Waals surface area contributed by atoms with Crippen molar-refractivity contribution >= 4 is 0 Å². The zero-order valence-electron chi connectivity index (χ0n) is 14.1. The predicted molar refractivity (Wildman–Crippen MR) is 85.5 cm³/mol. The number of rotatable bonds is 5. The van der Waals surface area contributed by atoms with Crippen LogP contribution in [-0.2, 0) is 0 Å². The van der Waals surface area contributed by atoms with Crippen molar-refractivity contribution < 1.29 is 0 Å². The standard InChI is InChI=1S/C17H34N2/c1-13(2)16(12-18-14(3)4)19-10-8-15(9-11-19)17(5,6)7/h8,13-14,16,18H,9-12H2,1-7H3. The van der Waals surface area contributed by atoms with Gasteiger partial charge in [0.1, 0.15) is 0 Å². The van der Waals surface area contributed by atoms with Gasteiger partial charge in [-0.3, -0.25) is 4.90 Å². The van der Waals surface area contributed by atoms with Crippen LogP contribution in [-0.4, -0.2) is 36.6 Å². The van der Waals surface area contributed by atoms with Gasteiger partial charge < -0.3 is 5.32 Å². The first kappa shape index (κ1) is 16.7. The molecule has 2 heteroatoms. The molecule has 19 heavy (non-hydrogen) atoms. The van der Waals surface area contributed by atoms with Crippen LogP contribution < -0.4 is 5.32 Å². The van der Waals surface area contributed by atoms with Gasteiger partial charge in [-0.2, -0.15) is 0 Å². The van der Waals surface area contributed by atoms with E-state index in [1.165, 1.54) is 13.0 Å². The normalized spacial score (nSPS) is 19.9. The van der Waals surface area contributed by atoms with Crippen molar-refractivity contribution in [3.63, 3.8) is 0 Å². The van der Waals surface area contributed by atoms with E-state index in [-0.39, 0.29) is 0 Å². The average molecular weight is 266 g/mol. The van der Waals surface area contributed by atoms with Crippen LogP contribution >= 0.6 is 0 Å². The molecule has 1 rings (SSSR count). The summed E-state index contributed by atoms with van der Waals surface area (Å²) in [7, 11) is 0. The van der Waals surface area contributed by atoms with Gasteiger partial charge in [0.2, 0.25) is 0 Å². The summed E-state index contributed by atoms with van der Waals surface area (Å²) in [6.07, 6.45) is 3.70. The molecule has 0 aromatic heterocycles. The van der Waals surface area contributed by atoms with Crippen LogP contribution in [0.3, 0.4) is 0 Å². The maximum absolute atomic E-state index is 3.60. The van der Waals surface area contributed by atoms with Crippen LogP contribution in [0.25, 0.3) is 0 Å². The maximum Gasteiger partial charge on any atom is 0.0247 e. The molecule has 1 aliphatic rings. The smallest absolute Gasteiger partial charge is 0.0247 e. The molecule has 0 spiro atoms. The molecule has 0 saturated carbocycles. The molecule has 0 fully saturated rings. The molecule has 0 amide bonds. The summed E-state index contributed by atoms with van der Waals surface area (Å²) in [5, 5.41) is 3.60. The Bertz CT molecular complexity index is 297. The van der Waals surface area contributed by atoms with Crippen molar-refractivity contribution in [1.29, 1.82) is 0 Å². The minimum absolute atomic E-state index is 0.343. The van der Waals surface area contributed by atoms with E-state index in [4.69, 9.17) is 0 Å². The second kappa shape index (κ2) is 6.90. The van der Waals surface area contributed by atoms with Gasteiger partial charge in [-0.05, 0) is 17.8 Å². The minimum Gasteiger partial charge on any atom is -0.313 e. The van der Waals surface area contributed by atoms with E-state index in [0.29, 0.717) is 23.4 Å². The van der Waals surface area contributed by atoms with Crippen molar-refractivity contribution in [2.75, 3.05) is 19.6 Å². The number of hydrogen-bond donors (Lipinski definition) is 1. The van der Waals surface area contributed by atoms with Crippen molar-refractivity contribution in [2.24, 2.45) is 11.3 Å². The van der Waals surface area contributed by atoms with Crippen LogP contribution in [0.1, 0.15) is 54.9 Å². The summed E-state index contributed by atoms with van der Waals surface area (Å²) >= 11 is 0. The van der Waals surface area contributed by atoms with E-state index in [0.717, 1.165) is 13.1 Å². The summed E-state index contributed by atoms with van der Waals surface area (Å²) < 4.78 is 0.